The number of rotatable bonds is 4. The van der Waals surface area contributed by atoms with Gasteiger partial charge in [-0.1, -0.05) is 12.8 Å². The standard InChI is InChI=1S/C21H31N5O2/c1-3-25-20-18(12-7-13-22-20)24(21(28)26(25)4-2)15-19(27)23-14-8-10-16-9-5-6-11-17(16)23/h7,12-13,16-17H,3-6,8-11,14-15H2,1-2H3/t16-,17+/m1/s1. The van der Waals surface area contributed by atoms with Gasteiger partial charge in [0.15, 0.2) is 5.82 Å². The van der Waals surface area contributed by atoms with E-state index in [1.165, 1.54) is 25.7 Å². The van der Waals surface area contributed by atoms with Gasteiger partial charge in [-0.2, -0.15) is 0 Å². The predicted octanol–water partition coefficient (Wildman–Crippen LogP) is 3.27. The first-order valence-corrected chi connectivity index (χ1v) is 10.8. The number of piperidine rings is 1. The van der Waals surface area contributed by atoms with Crippen LogP contribution in [0.25, 0.3) is 0 Å². The number of hydrogen-bond acceptors (Lipinski definition) is 4. The van der Waals surface area contributed by atoms with Crippen LogP contribution in [0.2, 0.25) is 0 Å². The molecule has 3 amide bonds. The van der Waals surface area contributed by atoms with E-state index in [-0.39, 0.29) is 18.5 Å². The number of urea groups is 1. The molecule has 7 nitrogen and oxygen atoms in total. The Morgan fingerprint density at radius 3 is 2.64 bits per heavy atom. The van der Waals surface area contributed by atoms with Gasteiger partial charge in [-0.15, -0.1) is 0 Å². The number of hydrazine groups is 1. The van der Waals surface area contributed by atoms with E-state index in [1.54, 1.807) is 16.1 Å². The normalized spacial score (nSPS) is 24.9. The number of hydrogen-bond donors (Lipinski definition) is 0. The van der Waals surface area contributed by atoms with Crippen LogP contribution >= 0.6 is 0 Å². The number of pyridine rings is 1. The SMILES string of the molecule is CCN1C(=O)N(CC(=O)N2CCC[C@H]3CCCC[C@@H]32)c2cccnc2N1CC. The highest BCUT2D eigenvalue weighted by atomic mass is 16.2. The van der Waals surface area contributed by atoms with Gasteiger partial charge in [0.1, 0.15) is 6.54 Å². The van der Waals surface area contributed by atoms with Gasteiger partial charge in [0.2, 0.25) is 5.91 Å². The number of likely N-dealkylation sites (tertiary alicyclic amines) is 1. The van der Waals surface area contributed by atoms with Gasteiger partial charge in [-0.05, 0) is 57.6 Å². The molecule has 1 aromatic rings. The van der Waals surface area contributed by atoms with Crippen molar-refractivity contribution < 1.29 is 9.59 Å². The highest BCUT2D eigenvalue weighted by Gasteiger charge is 2.40. The summed E-state index contributed by atoms with van der Waals surface area (Å²) < 4.78 is 0. The molecule has 1 saturated carbocycles. The summed E-state index contributed by atoms with van der Waals surface area (Å²) in [5.74, 6) is 1.45. The number of carbonyl (C=O) groups excluding carboxylic acids is 2. The smallest absolute Gasteiger partial charge is 0.338 e. The maximum atomic E-state index is 13.3. The molecule has 0 aromatic carbocycles. The lowest BCUT2D eigenvalue weighted by Gasteiger charge is -2.46. The summed E-state index contributed by atoms with van der Waals surface area (Å²) in [5, 5.41) is 3.58. The van der Waals surface area contributed by atoms with Crippen molar-refractivity contribution in [3.8, 4) is 0 Å². The molecule has 0 radical (unpaired) electrons. The molecular formula is C21H31N5O2. The van der Waals surface area contributed by atoms with E-state index in [4.69, 9.17) is 0 Å². The van der Waals surface area contributed by atoms with Crippen LogP contribution in [-0.2, 0) is 4.79 Å². The van der Waals surface area contributed by atoms with E-state index in [0.717, 1.165) is 30.9 Å². The number of fused-ring (bicyclic) bond motifs is 2. The van der Waals surface area contributed by atoms with Gasteiger partial charge in [-0.25, -0.2) is 14.8 Å². The minimum absolute atomic E-state index is 0.0701. The second kappa shape index (κ2) is 7.97. The largest absolute Gasteiger partial charge is 0.343 e. The fraction of sp³-hybridized carbons (Fsp3) is 0.667. The molecule has 0 spiro atoms. The van der Waals surface area contributed by atoms with Gasteiger partial charge in [-0.3, -0.25) is 14.7 Å². The zero-order valence-electron chi connectivity index (χ0n) is 17.0. The van der Waals surface area contributed by atoms with Crippen molar-refractivity contribution in [1.29, 1.82) is 0 Å². The highest BCUT2D eigenvalue weighted by molar-refractivity contribution is 6.03. The highest BCUT2D eigenvalue weighted by Crippen LogP contribution is 2.37. The molecule has 2 atom stereocenters. The van der Waals surface area contributed by atoms with Gasteiger partial charge in [0, 0.05) is 31.9 Å². The molecule has 2 fully saturated rings. The van der Waals surface area contributed by atoms with Crippen molar-refractivity contribution >= 4 is 23.4 Å². The second-order valence-corrected chi connectivity index (χ2v) is 7.99. The summed E-state index contributed by atoms with van der Waals surface area (Å²) in [7, 11) is 0. The molecule has 152 valence electrons. The zero-order valence-corrected chi connectivity index (χ0v) is 17.0. The van der Waals surface area contributed by atoms with Crippen LogP contribution in [0.5, 0.6) is 0 Å². The van der Waals surface area contributed by atoms with E-state index in [2.05, 4.69) is 9.88 Å². The van der Waals surface area contributed by atoms with Gasteiger partial charge < -0.3 is 4.90 Å². The summed E-state index contributed by atoms with van der Waals surface area (Å²) in [6.45, 7) is 6.07. The summed E-state index contributed by atoms with van der Waals surface area (Å²) in [6.07, 6.45) is 8.87. The fourth-order valence-electron chi connectivity index (χ4n) is 5.20. The lowest BCUT2D eigenvalue weighted by Crippen LogP contribution is -2.60. The second-order valence-electron chi connectivity index (χ2n) is 7.99. The maximum absolute atomic E-state index is 13.3. The lowest BCUT2D eigenvalue weighted by molar-refractivity contribution is -0.135. The third-order valence-electron chi connectivity index (χ3n) is 6.50. The van der Waals surface area contributed by atoms with E-state index in [0.29, 0.717) is 25.0 Å². The Morgan fingerprint density at radius 2 is 1.86 bits per heavy atom. The number of aromatic nitrogens is 1. The Bertz CT molecular complexity index is 737. The zero-order chi connectivity index (χ0) is 19.7. The maximum Gasteiger partial charge on any atom is 0.343 e. The minimum Gasteiger partial charge on any atom is -0.338 e. The molecule has 0 unspecified atom stereocenters. The first kappa shape index (κ1) is 19.0. The van der Waals surface area contributed by atoms with Gasteiger partial charge in [0.25, 0.3) is 0 Å². The van der Waals surface area contributed by atoms with Crippen molar-refractivity contribution in [2.75, 3.05) is 36.1 Å². The van der Waals surface area contributed by atoms with Crippen molar-refractivity contribution in [3.05, 3.63) is 18.3 Å². The molecule has 3 aliphatic rings. The predicted molar refractivity (Wildman–Crippen MR) is 109 cm³/mol. The van der Waals surface area contributed by atoms with Crippen LogP contribution in [0.3, 0.4) is 0 Å². The minimum atomic E-state index is -0.143. The molecule has 0 N–H and O–H groups in total. The summed E-state index contributed by atoms with van der Waals surface area (Å²) >= 11 is 0. The number of amides is 3. The van der Waals surface area contributed by atoms with Crippen molar-refractivity contribution in [1.82, 2.24) is 14.9 Å². The Kier molecular flexibility index (Phi) is 5.42. The molecule has 2 aliphatic heterocycles. The number of anilines is 2. The fourth-order valence-corrected chi connectivity index (χ4v) is 5.20. The number of nitrogens with zero attached hydrogens (tertiary/aromatic N) is 5. The van der Waals surface area contributed by atoms with Crippen LogP contribution in [-0.4, -0.2) is 59.1 Å². The summed E-state index contributed by atoms with van der Waals surface area (Å²) in [4.78, 5) is 34.7. The van der Waals surface area contributed by atoms with Crippen LogP contribution in [0.1, 0.15) is 52.4 Å². The van der Waals surface area contributed by atoms with Crippen LogP contribution in [0, 0.1) is 5.92 Å². The quantitative estimate of drug-likeness (QED) is 0.798. The number of carbonyl (C=O) groups is 2. The van der Waals surface area contributed by atoms with Crippen LogP contribution in [0.4, 0.5) is 16.3 Å². The molecule has 1 aliphatic carbocycles. The molecule has 1 saturated heterocycles. The third kappa shape index (κ3) is 3.20. The molecule has 4 rings (SSSR count). The third-order valence-corrected chi connectivity index (χ3v) is 6.50. The Hall–Kier alpha value is -2.31. The summed E-state index contributed by atoms with van der Waals surface area (Å²) in [5.41, 5.74) is 0.726. The van der Waals surface area contributed by atoms with Gasteiger partial charge in [0.05, 0.1) is 5.69 Å². The van der Waals surface area contributed by atoms with Crippen LogP contribution in [0.15, 0.2) is 18.3 Å². The average molecular weight is 386 g/mol. The van der Waals surface area contributed by atoms with E-state index < -0.39 is 0 Å². The average Bonchev–Trinajstić information content (AvgIpc) is 2.74. The Morgan fingerprint density at radius 1 is 1.11 bits per heavy atom. The Labute approximate surface area is 167 Å². The lowest BCUT2D eigenvalue weighted by atomic mass is 9.78. The van der Waals surface area contributed by atoms with Crippen molar-refractivity contribution in [3.63, 3.8) is 0 Å². The van der Waals surface area contributed by atoms with Crippen LogP contribution < -0.4 is 9.91 Å². The van der Waals surface area contributed by atoms with Gasteiger partial charge >= 0.3 is 6.03 Å². The first-order chi connectivity index (χ1) is 13.7. The summed E-state index contributed by atoms with van der Waals surface area (Å²) in [6, 6.07) is 3.94. The topological polar surface area (TPSA) is 60.0 Å². The monoisotopic (exact) mass is 385 g/mol. The molecule has 0 bridgehead atoms. The Balaban J connectivity index is 1.59. The molecule has 3 heterocycles. The first-order valence-electron chi connectivity index (χ1n) is 10.8. The van der Waals surface area contributed by atoms with E-state index in [9.17, 15) is 9.59 Å². The molecule has 7 heteroatoms. The molecular weight excluding hydrogens is 354 g/mol. The molecule has 1 aromatic heterocycles. The van der Waals surface area contributed by atoms with E-state index >= 15 is 0 Å². The van der Waals surface area contributed by atoms with Crippen molar-refractivity contribution in [2.24, 2.45) is 5.92 Å². The van der Waals surface area contributed by atoms with E-state index in [1.807, 2.05) is 31.0 Å². The van der Waals surface area contributed by atoms with Crippen molar-refractivity contribution in [2.45, 2.75) is 58.4 Å². The molecule has 28 heavy (non-hydrogen) atoms.